The molecule has 4 aromatic rings. The lowest BCUT2D eigenvalue weighted by molar-refractivity contribution is -0.141. The van der Waals surface area contributed by atoms with Gasteiger partial charge in [-0.3, -0.25) is 38.1 Å². The molecule has 0 aliphatic carbocycles. The number of thioether (sulfide) groups is 1. The van der Waals surface area contributed by atoms with Crippen molar-refractivity contribution in [3.63, 3.8) is 0 Å². The van der Waals surface area contributed by atoms with Crippen molar-refractivity contribution in [2.24, 2.45) is 5.73 Å². The first-order valence-electron chi connectivity index (χ1n) is 20.5. The average molecular weight is 953 g/mol. The van der Waals surface area contributed by atoms with E-state index in [0.29, 0.717) is 22.4 Å². The second kappa shape index (κ2) is 24.9. The maximum atomic E-state index is 14.1. The maximum absolute atomic E-state index is 14.1. The third-order valence-corrected chi connectivity index (χ3v) is 11.6. The number of primary amides is 1. The number of hydrogen-bond donors (Lipinski definition) is 11. The number of para-hydroxylation sites is 1. The number of fused-ring (bicyclic) bond motifs is 1. The summed E-state index contributed by atoms with van der Waals surface area (Å²) in [5, 5.41) is 34.5. The van der Waals surface area contributed by atoms with Gasteiger partial charge in [0.05, 0.1) is 11.3 Å². The molecule has 0 radical (unpaired) electrons. The van der Waals surface area contributed by atoms with Crippen LogP contribution in [-0.2, 0) is 62.9 Å². The number of amides is 7. The summed E-state index contributed by atoms with van der Waals surface area (Å²) in [6.45, 7) is -0.0977. The molecule has 12 N–H and O–H groups in total. The number of aromatic amines is 1. The fourth-order valence-electron chi connectivity index (χ4n) is 6.75. The molecule has 21 nitrogen and oxygen atoms in total. The summed E-state index contributed by atoms with van der Waals surface area (Å²) in [5.41, 5.74) is 7.98. The lowest BCUT2D eigenvalue weighted by Gasteiger charge is -2.26. The molecule has 0 saturated carbocycles. The Kier molecular flexibility index (Phi) is 19.5. The highest BCUT2D eigenvalue weighted by Gasteiger charge is 2.33. The normalized spacial score (nSPS) is 13.5. The Morgan fingerprint density at radius 1 is 0.682 bits per heavy atom. The van der Waals surface area contributed by atoms with E-state index < -0.39 is 99.1 Å². The number of carboxylic acids is 1. The lowest BCUT2D eigenvalue weighted by atomic mass is 10.0. The first kappa shape index (κ1) is 51.7. The summed E-state index contributed by atoms with van der Waals surface area (Å²) < 4.78 is 32.0. The van der Waals surface area contributed by atoms with Crippen molar-refractivity contribution in [3.8, 4) is 0 Å². The standard InChI is InChI=1S/C43H52N8O13S2/c1-65-19-17-31(40(57)50-35(23-37(53)54)42(59)49-32(38(44)55)20-25-8-3-2-4-9-25)48-41(58)34(22-27-24-46-30-11-6-5-10-29(27)30)47-36(52)12-7-18-45-39(56)33(51-43(60)61)21-26-13-15-28(16-14-26)66(62,63)64/h2-6,8-11,13-16,24,31-35,46,51H,7,12,17-23H2,1H3,(H2,44,55)(H,45,56)(H,47,52)(H,48,58)(H,49,59)(H,50,57)(H,53,54)(H,60,61)(H,62,63,64)/t31-,32-,33-,34-,35-/m0/s1. The maximum Gasteiger partial charge on any atom is 0.405 e. The van der Waals surface area contributed by atoms with Crippen LogP contribution in [0.1, 0.15) is 42.4 Å². The number of H-pyrrole nitrogens is 1. The third kappa shape index (κ3) is 16.5. The summed E-state index contributed by atoms with van der Waals surface area (Å²) in [4.78, 5) is 106. The van der Waals surface area contributed by atoms with E-state index in [-0.39, 0.29) is 45.1 Å². The minimum Gasteiger partial charge on any atom is -0.481 e. The van der Waals surface area contributed by atoms with E-state index in [4.69, 9.17) is 5.73 Å². The van der Waals surface area contributed by atoms with Crippen LogP contribution in [0.2, 0.25) is 0 Å². The van der Waals surface area contributed by atoms with Crippen LogP contribution in [0.25, 0.3) is 10.9 Å². The zero-order chi connectivity index (χ0) is 48.4. The molecular weight excluding hydrogens is 901 g/mol. The number of rotatable bonds is 26. The van der Waals surface area contributed by atoms with E-state index in [1.807, 2.05) is 12.1 Å². The van der Waals surface area contributed by atoms with Crippen LogP contribution in [0, 0.1) is 0 Å². The van der Waals surface area contributed by atoms with E-state index in [2.05, 4.69) is 36.9 Å². The van der Waals surface area contributed by atoms with Crippen LogP contribution in [0.15, 0.2) is 90.0 Å². The number of nitrogens with two attached hydrogens (primary N) is 1. The second-order valence-corrected chi connectivity index (χ2v) is 17.5. The van der Waals surface area contributed by atoms with Crippen molar-refractivity contribution in [2.75, 3.05) is 18.6 Å². The number of hydrogen-bond acceptors (Lipinski definition) is 11. The fourth-order valence-corrected chi connectivity index (χ4v) is 7.70. The molecule has 3 aromatic carbocycles. The van der Waals surface area contributed by atoms with Gasteiger partial charge in [-0.2, -0.15) is 20.2 Å². The Bertz CT molecular complexity index is 2470. The number of carboxylic acid groups (broad SMARTS) is 2. The van der Waals surface area contributed by atoms with Gasteiger partial charge in [-0.15, -0.1) is 0 Å². The van der Waals surface area contributed by atoms with Gasteiger partial charge in [-0.1, -0.05) is 60.7 Å². The van der Waals surface area contributed by atoms with Crippen LogP contribution in [0.4, 0.5) is 4.79 Å². The fraction of sp³-hybridized carbons (Fsp3) is 0.349. The Balaban J connectivity index is 1.45. The quantitative estimate of drug-likeness (QED) is 0.0304. The molecule has 0 spiro atoms. The van der Waals surface area contributed by atoms with Crippen LogP contribution >= 0.6 is 11.8 Å². The highest BCUT2D eigenvalue weighted by atomic mass is 32.2. The van der Waals surface area contributed by atoms with Gasteiger partial charge in [0.25, 0.3) is 10.1 Å². The highest BCUT2D eigenvalue weighted by molar-refractivity contribution is 7.98. The molecule has 0 fully saturated rings. The predicted octanol–water partition coefficient (Wildman–Crippen LogP) is 0.627. The first-order valence-corrected chi connectivity index (χ1v) is 23.3. The minimum atomic E-state index is -4.48. The Morgan fingerprint density at radius 2 is 1.26 bits per heavy atom. The molecule has 23 heteroatoms. The minimum absolute atomic E-state index is 0.00780. The molecule has 1 aromatic heterocycles. The largest absolute Gasteiger partial charge is 0.481 e. The summed E-state index contributed by atoms with van der Waals surface area (Å²) >= 11 is 1.34. The topological polar surface area (TPSA) is 345 Å². The summed E-state index contributed by atoms with van der Waals surface area (Å²) in [7, 11) is -4.48. The molecule has 7 amide bonds. The van der Waals surface area contributed by atoms with Crippen LogP contribution in [-0.4, -0.2) is 124 Å². The SMILES string of the molecule is CSCC[C@H](NC(=O)[C@H](Cc1c[nH]c2ccccc12)NC(=O)CCCNC(=O)[C@H](Cc1ccc(S(=O)(=O)O)cc1)NC(=O)O)C(=O)N[C@@H](CC(=O)O)C(=O)N[C@@H](Cc1ccccc1)C(N)=O. The van der Waals surface area contributed by atoms with Gasteiger partial charge in [0.15, 0.2) is 0 Å². The van der Waals surface area contributed by atoms with E-state index >= 15 is 0 Å². The van der Waals surface area contributed by atoms with Crippen LogP contribution < -0.4 is 37.6 Å². The molecule has 354 valence electrons. The van der Waals surface area contributed by atoms with Crippen molar-refractivity contribution in [2.45, 2.75) is 80.1 Å². The van der Waals surface area contributed by atoms with Gasteiger partial charge in [-0.25, -0.2) is 4.79 Å². The molecule has 0 saturated heterocycles. The molecule has 4 rings (SSSR count). The molecule has 5 atom stereocenters. The molecule has 66 heavy (non-hydrogen) atoms. The van der Waals surface area contributed by atoms with E-state index in [0.717, 1.165) is 23.0 Å². The van der Waals surface area contributed by atoms with Crippen molar-refractivity contribution in [1.29, 1.82) is 0 Å². The van der Waals surface area contributed by atoms with Crippen LogP contribution in [0.5, 0.6) is 0 Å². The number of aliphatic carboxylic acids is 1. The van der Waals surface area contributed by atoms with Crippen LogP contribution in [0.3, 0.4) is 0 Å². The van der Waals surface area contributed by atoms with Gasteiger partial charge >= 0.3 is 12.1 Å². The molecule has 0 bridgehead atoms. The van der Waals surface area contributed by atoms with Gasteiger partial charge < -0.3 is 52.8 Å². The number of nitrogens with one attached hydrogen (secondary N) is 7. The second-order valence-electron chi connectivity index (χ2n) is 15.1. The Hall–Kier alpha value is -6.98. The zero-order valence-electron chi connectivity index (χ0n) is 35.7. The third-order valence-electron chi connectivity index (χ3n) is 10.1. The lowest BCUT2D eigenvalue weighted by Crippen LogP contribution is -2.59. The molecule has 1 heterocycles. The van der Waals surface area contributed by atoms with Crippen molar-refractivity contribution in [3.05, 3.63) is 102 Å². The highest BCUT2D eigenvalue weighted by Crippen LogP contribution is 2.20. The number of carbonyl (C=O) groups is 8. The molecule has 0 unspecified atom stereocenters. The first-order chi connectivity index (χ1) is 31.3. The summed E-state index contributed by atoms with van der Waals surface area (Å²) in [5.74, 6) is -6.05. The Labute approximate surface area is 383 Å². The van der Waals surface area contributed by atoms with Gasteiger partial charge in [0, 0.05) is 49.3 Å². The average Bonchev–Trinajstić information content (AvgIpc) is 3.67. The number of aromatic nitrogens is 1. The summed E-state index contributed by atoms with van der Waals surface area (Å²) in [6.07, 6.45) is 0.656. The molecule has 0 aliphatic heterocycles. The number of benzene rings is 3. The molecule has 0 aliphatic rings. The number of carbonyl (C=O) groups excluding carboxylic acids is 6. The van der Waals surface area contributed by atoms with E-state index in [1.54, 1.807) is 54.9 Å². The van der Waals surface area contributed by atoms with Gasteiger partial charge in [0.1, 0.15) is 30.2 Å². The van der Waals surface area contributed by atoms with Crippen molar-refractivity contribution < 1.29 is 61.5 Å². The predicted molar refractivity (Wildman–Crippen MR) is 241 cm³/mol. The van der Waals surface area contributed by atoms with Crippen molar-refractivity contribution >= 4 is 80.3 Å². The Morgan fingerprint density at radius 3 is 1.89 bits per heavy atom. The van der Waals surface area contributed by atoms with Crippen molar-refractivity contribution in [1.82, 2.24) is 36.9 Å². The zero-order valence-corrected chi connectivity index (χ0v) is 37.3. The summed E-state index contributed by atoms with van der Waals surface area (Å²) in [6, 6.07) is 13.8. The molecular formula is C43H52N8O13S2. The van der Waals surface area contributed by atoms with Gasteiger partial charge in [0.2, 0.25) is 35.4 Å². The van der Waals surface area contributed by atoms with E-state index in [1.165, 1.54) is 23.9 Å². The van der Waals surface area contributed by atoms with E-state index in [9.17, 15) is 61.5 Å². The monoisotopic (exact) mass is 952 g/mol. The smallest absolute Gasteiger partial charge is 0.405 e. The van der Waals surface area contributed by atoms with Gasteiger partial charge in [-0.05, 0) is 59.7 Å².